The molecule has 1 aromatic rings. The minimum absolute atomic E-state index is 0.206. The quantitative estimate of drug-likeness (QED) is 0.762. The van der Waals surface area contributed by atoms with Crippen LogP contribution >= 0.6 is 0 Å². The predicted octanol–water partition coefficient (Wildman–Crippen LogP) is 1.87. The first-order valence-corrected chi connectivity index (χ1v) is 9.36. The van der Waals surface area contributed by atoms with Gasteiger partial charge in [-0.2, -0.15) is 0 Å². The Bertz CT molecular complexity index is 609. The highest BCUT2D eigenvalue weighted by atomic mass is 16.2. The van der Waals surface area contributed by atoms with E-state index < -0.39 is 0 Å². The van der Waals surface area contributed by atoms with E-state index in [-0.39, 0.29) is 24.0 Å². The highest BCUT2D eigenvalue weighted by Gasteiger charge is 2.25. The maximum Gasteiger partial charge on any atom is 0.321 e. The predicted molar refractivity (Wildman–Crippen MR) is 99.5 cm³/mol. The summed E-state index contributed by atoms with van der Waals surface area (Å²) >= 11 is 0. The third-order valence-electron chi connectivity index (χ3n) is 5.28. The molecule has 2 rings (SSSR count). The maximum atomic E-state index is 12.4. The molecule has 3 N–H and O–H groups in total. The Balaban J connectivity index is 1.84. The summed E-state index contributed by atoms with van der Waals surface area (Å²) in [5.41, 5.74) is 3.71. The molecule has 1 aliphatic rings. The van der Waals surface area contributed by atoms with Crippen molar-refractivity contribution in [2.24, 2.45) is 0 Å². The van der Waals surface area contributed by atoms with Crippen LogP contribution in [-0.2, 0) is 11.3 Å². The lowest BCUT2D eigenvalue weighted by Gasteiger charge is -2.24. The molecule has 0 bridgehead atoms. The molecule has 3 amide bonds. The van der Waals surface area contributed by atoms with Gasteiger partial charge < -0.3 is 10.2 Å². The first-order valence-electron chi connectivity index (χ1n) is 9.36. The molecular formula is C20H32N3O2+. The zero-order valence-electron chi connectivity index (χ0n) is 15.9. The van der Waals surface area contributed by atoms with E-state index in [1.807, 2.05) is 14.0 Å². The third kappa shape index (κ3) is 5.85. The molecule has 0 aliphatic heterocycles. The number of likely N-dealkylation sites (N-methyl/N-ethyl adjacent to an activating group) is 1. The molecule has 138 valence electrons. The Morgan fingerprint density at radius 2 is 1.88 bits per heavy atom. The Morgan fingerprint density at radius 3 is 2.52 bits per heavy atom. The smallest absolute Gasteiger partial charge is 0.321 e. The van der Waals surface area contributed by atoms with Crippen molar-refractivity contribution in [1.29, 1.82) is 0 Å². The number of carbonyl (C=O) groups excluding carboxylic acids is 2. The van der Waals surface area contributed by atoms with Crippen LogP contribution in [0.4, 0.5) is 4.79 Å². The van der Waals surface area contributed by atoms with Crippen molar-refractivity contribution in [3.8, 4) is 0 Å². The number of hydrogen-bond donors (Lipinski definition) is 3. The Morgan fingerprint density at radius 1 is 1.20 bits per heavy atom. The van der Waals surface area contributed by atoms with Gasteiger partial charge in [0.05, 0.1) is 7.05 Å². The van der Waals surface area contributed by atoms with E-state index in [1.165, 1.54) is 23.1 Å². The highest BCUT2D eigenvalue weighted by Crippen LogP contribution is 2.17. The van der Waals surface area contributed by atoms with Crippen molar-refractivity contribution in [1.82, 2.24) is 10.6 Å². The van der Waals surface area contributed by atoms with Gasteiger partial charge in [-0.1, -0.05) is 43.0 Å². The topological polar surface area (TPSA) is 62.6 Å². The number of rotatable bonds is 5. The zero-order chi connectivity index (χ0) is 18.4. The van der Waals surface area contributed by atoms with E-state index in [0.717, 1.165) is 37.1 Å². The lowest BCUT2D eigenvalue weighted by molar-refractivity contribution is -0.908. The van der Waals surface area contributed by atoms with E-state index in [9.17, 15) is 9.59 Å². The second kappa shape index (κ2) is 8.99. The van der Waals surface area contributed by atoms with Gasteiger partial charge in [0, 0.05) is 11.6 Å². The minimum Gasteiger partial charge on any atom is -0.335 e. The van der Waals surface area contributed by atoms with E-state index in [1.54, 1.807) is 0 Å². The Kier molecular flexibility index (Phi) is 7.00. The third-order valence-corrected chi connectivity index (χ3v) is 5.28. The summed E-state index contributed by atoms with van der Waals surface area (Å²) in [6, 6.07) is 5.93. The van der Waals surface area contributed by atoms with Gasteiger partial charge in [-0.3, -0.25) is 10.1 Å². The van der Waals surface area contributed by atoms with Crippen molar-refractivity contribution < 1.29 is 14.5 Å². The average Bonchev–Trinajstić information content (AvgIpc) is 2.57. The fraction of sp³-hybridized carbons (Fsp3) is 0.600. The molecule has 2 atom stereocenters. The van der Waals surface area contributed by atoms with Gasteiger partial charge >= 0.3 is 6.03 Å². The monoisotopic (exact) mass is 346 g/mol. The molecule has 1 aromatic carbocycles. The fourth-order valence-electron chi connectivity index (χ4n) is 3.41. The Labute approximate surface area is 151 Å². The van der Waals surface area contributed by atoms with Crippen LogP contribution in [0.15, 0.2) is 18.2 Å². The number of imide groups is 1. The lowest BCUT2D eigenvalue weighted by Crippen LogP contribution is -3.12. The number of benzene rings is 1. The molecule has 1 fully saturated rings. The molecule has 1 aliphatic carbocycles. The van der Waals surface area contributed by atoms with Gasteiger partial charge in [-0.15, -0.1) is 0 Å². The van der Waals surface area contributed by atoms with Crippen LogP contribution in [0.2, 0.25) is 0 Å². The van der Waals surface area contributed by atoms with Gasteiger partial charge in [0.2, 0.25) is 0 Å². The van der Waals surface area contributed by atoms with Gasteiger partial charge in [0.25, 0.3) is 5.91 Å². The second-order valence-corrected chi connectivity index (χ2v) is 7.47. The van der Waals surface area contributed by atoms with E-state index in [2.05, 4.69) is 42.7 Å². The standard InChI is InChI=1S/C20H31N3O2/c1-14-10-11-17(15(2)12-14)13-23(4)16(3)19(24)22-20(25)21-18-8-6-5-7-9-18/h10-12,16,18H,5-9,13H2,1-4H3,(H2,21,22,24,25)/p+1/t16-/m1/s1. The number of amides is 3. The first-order chi connectivity index (χ1) is 11.9. The zero-order valence-corrected chi connectivity index (χ0v) is 15.9. The first kappa shape index (κ1) is 19.4. The number of urea groups is 1. The van der Waals surface area contributed by atoms with Crippen molar-refractivity contribution in [2.45, 2.75) is 71.5 Å². The van der Waals surface area contributed by atoms with Crippen LogP contribution in [0.3, 0.4) is 0 Å². The van der Waals surface area contributed by atoms with Gasteiger partial charge in [0.15, 0.2) is 6.04 Å². The largest absolute Gasteiger partial charge is 0.335 e. The van der Waals surface area contributed by atoms with Gasteiger partial charge in [-0.05, 0) is 39.2 Å². The molecule has 25 heavy (non-hydrogen) atoms. The molecule has 5 heteroatoms. The van der Waals surface area contributed by atoms with Crippen molar-refractivity contribution in [3.05, 3.63) is 34.9 Å². The Hall–Kier alpha value is -1.88. The normalized spacial score (nSPS) is 17.6. The SMILES string of the molecule is Cc1ccc(C[NH+](C)[C@H](C)C(=O)NC(=O)NC2CCCCC2)c(C)c1. The minimum atomic E-state index is -0.358. The van der Waals surface area contributed by atoms with E-state index in [0.29, 0.717) is 0 Å². The van der Waals surface area contributed by atoms with Crippen LogP contribution in [0, 0.1) is 13.8 Å². The summed E-state index contributed by atoms with van der Waals surface area (Å²) < 4.78 is 0. The molecule has 0 heterocycles. The van der Waals surface area contributed by atoms with E-state index in [4.69, 9.17) is 0 Å². The van der Waals surface area contributed by atoms with Crippen molar-refractivity contribution in [2.75, 3.05) is 7.05 Å². The van der Waals surface area contributed by atoms with Gasteiger partial charge in [0.1, 0.15) is 6.54 Å². The van der Waals surface area contributed by atoms with Crippen LogP contribution in [0.25, 0.3) is 0 Å². The second-order valence-electron chi connectivity index (χ2n) is 7.47. The molecule has 0 saturated heterocycles. The molecule has 1 unspecified atom stereocenters. The van der Waals surface area contributed by atoms with Crippen LogP contribution in [-0.4, -0.2) is 31.1 Å². The van der Waals surface area contributed by atoms with Crippen molar-refractivity contribution >= 4 is 11.9 Å². The summed E-state index contributed by atoms with van der Waals surface area (Å²) in [5.74, 6) is -0.226. The summed E-state index contributed by atoms with van der Waals surface area (Å²) in [4.78, 5) is 25.5. The van der Waals surface area contributed by atoms with Crippen LogP contribution in [0.1, 0.15) is 55.7 Å². The summed E-state index contributed by atoms with van der Waals surface area (Å²) in [6.45, 7) is 6.79. The van der Waals surface area contributed by atoms with Gasteiger partial charge in [-0.25, -0.2) is 4.79 Å². The van der Waals surface area contributed by atoms with Crippen molar-refractivity contribution in [3.63, 3.8) is 0 Å². The molecular weight excluding hydrogens is 314 g/mol. The van der Waals surface area contributed by atoms with E-state index >= 15 is 0 Å². The summed E-state index contributed by atoms with van der Waals surface area (Å²) in [7, 11) is 1.99. The number of nitrogens with one attached hydrogen (secondary N) is 3. The molecule has 0 radical (unpaired) electrons. The number of hydrogen-bond acceptors (Lipinski definition) is 2. The summed E-state index contributed by atoms with van der Waals surface area (Å²) in [5, 5.41) is 5.44. The highest BCUT2D eigenvalue weighted by molar-refractivity contribution is 5.96. The number of quaternary nitrogens is 1. The fourth-order valence-corrected chi connectivity index (χ4v) is 3.41. The summed E-state index contributed by atoms with van der Waals surface area (Å²) in [6.07, 6.45) is 5.56. The maximum absolute atomic E-state index is 12.4. The lowest BCUT2D eigenvalue weighted by atomic mass is 9.96. The van der Waals surface area contributed by atoms with Crippen LogP contribution in [0.5, 0.6) is 0 Å². The molecule has 0 spiro atoms. The number of carbonyl (C=O) groups is 2. The average molecular weight is 346 g/mol. The number of aryl methyl sites for hydroxylation is 2. The molecule has 5 nitrogen and oxygen atoms in total. The molecule has 1 saturated carbocycles. The molecule has 0 aromatic heterocycles. The van der Waals surface area contributed by atoms with Crippen LogP contribution < -0.4 is 15.5 Å².